The highest BCUT2D eigenvalue weighted by Crippen LogP contribution is 2.23. The Morgan fingerprint density at radius 2 is 1.83 bits per heavy atom. The molecule has 1 aliphatic heterocycles. The van der Waals surface area contributed by atoms with E-state index in [1.165, 1.54) is 36.5 Å². The average Bonchev–Trinajstić information content (AvgIpc) is 2.73. The van der Waals surface area contributed by atoms with Crippen LogP contribution in [-0.4, -0.2) is 48.1 Å². The predicted molar refractivity (Wildman–Crippen MR) is 103 cm³/mol. The monoisotopic (exact) mass is 402 g/mol. The van der Waals surface area contributed by atoms with Crippen LogP contribution in [0.4, 0.5) is 4.39 Å². The standard InChI is InChI=1S/C21H23FN2O5/c1-13(2)24-10-16(19(25)17(11-24)21(27)28-3)20(26)23-8-9-29-18(12-23)14-4-6-15(22)7-5-14/h4-7,10-11,13,18H,8-9,12H2,1-3H3. The third-order valence-electron chi connectivity index (χ3n) is 4.87. The van der Waals surface area contributed by atoms with Gasteiger partial charge in [-0.1, -0.05) is 12.1 Å². The molecule has 1 unspecified atom stereocenters. The molecule has 29 heavy (non-hydrogen) atoms. The second-order valence-electron chi connectivity index (χ2n) is 7.11. The lowest BCUT2D eigenvalue weighted by molar-refractivity contribution is -0.0229. The zero-order chi connectivity index (χ0) is 21.1. The summed E-state index contributed by atoms with van der Waals surface area (Å²) >= 11 is 0. The van der Waals surface area contributed by atoms with Crippen LogP contribution in [0.1, 0.15) is 52.3 Å². The number of nitrogens with zero attached hydrogens (tertiary/aromatic N) is 2. The lowest BCUT2D eigenvalue weighted by Gasteiger charge is -2.33. The maximum Gasteiger partial charge on any atom is 0.343 e. The van der Waals surface area contributed by atoms with Gasteiger partial charge in [-0.15, -0.1) is 0 Å². The zero-order valence-corrected chi connectivity index (χ0v) is 16.6. The largest absolute Gasteiger partial charge is 0.465 e. The summed E-state index contributed by atoms with van der Waals surface area (Å²) in [5, 5.41) is 0. The first-order valence-electron chi connectivity index (χ1n) is 9.32. The van der Waals surface area contributed by atoms with Crippen molar-refractivity contribution in [1.82, 2.24) is 9.47 Å². The van der Waals surface area contributed by atoms with E-state index in [1.54, 1.807) is 16.7 Å². The summed E-state index contributed by atoms with van der Waals surface area (Å²) in [5.74, 6) is -1.62. The topological polar surface area (TPSA) is 77.8 Å². The summed E-state index contributed by atoms with van der Waals surface area (Å²) in [7, 11) is 1.19. The first kappa shape index (κ1) is 20.7. The van der Waals surface area contributed by atoms with Crippen LogP contribution in [0.5, 0.6) is 0 Å². The van der Waals surface area contributed by atoms with E-state index >= 15 is 0 Å². The molecule has 0 spiro atoms. The number of rotatable bonds is 4. The summed E-state index contributed by atoms with van der Waals surface area (Å²) in [6, 6.07) is 5.82. The fourth-order valence-electron chi connectivity index (χ4n) is 3.19. The molecule has 154 valence electrons. The molecule has 2 heterocycles. The van der Waals surface area contributed by atoms with Crippen molar-refractivity contribution in [3.8, 4) is 0 Å². The molecule has 0 radical (unpaired) electrons. The Kier molecular flexibility index (Phi) is 6.12. The van der Waals surface area contributed by atoms with Crippen molar-refractivity contribution in [2.45, 2.75) is 26.0 Å². The summed E-state index contributed by atoms with van der Waals surface area (Å²) in [5.41, 5.74) is -0.202. The lowest BCUT2D eigenvalue weighted by Crippen LogP contribution is -2.44. The first-order chi connectivity index (χ1) is 13.8. The van der Waals surface area contributed by atoms with Gasteiger partial charge >= 0.3 is 5.97 Å². The maximum absolute atomic E-state index is 13.2. The molecular formula is C21H23FN2O5. The van der Waals surface area contributed by atoms with Gasteiger partial charge in [-0.3, -0.25) is 9.59 Å². The highest BCUT2D eigenvalue weighted by molar-refractivity contribution is 5.97. The number of hydrogen-bond donors (Lipinski definition) is 0. The van der Waals surface area contributed by atoms with E-state index < -0.39 is 23.4 Å². The number of pyridine rings is 1. The molecule has 8 heteroatoms. The van der Waals surface area contributed by atoms with Crippen LogP contribution < -0.4 is 5.43 Å². The van der Waals surface area contributed by atoms with E-state index in [0.717, 1.165) is 5.56 Å². The fourth-order valence-corrected chi connectivity index (χ4v) is 3.19. The van der Waals surface area contributed by atoms with Gasteiger partial charge in [-0.2, -0.15) is 0 Å². The Balaban J connectivity index is 1.92. The quantitative estimate of drug-likeness (QED) is 0.735. The Labute approximate surface area is 167 Å². The number of benzene rings is 1. The van der Waals surface area contributed by atoms with Crippen LogP contribution in [0.3, 0.4) is 0 Å². The number of carbonyl (C=O) groups excluding carboxylic acids is 2. The van der Waals surface area contributed by atoms with Crippen LogP contribution in [0, 0.1) is 5.82 Å². The Morgan fingerprint density at radius 3 is 2.45 bits per heavy atom. The number of esters is 1. The summed E-state index contributed by atoms with van der Waals surface area (Å²) in [6.45, 7) is 4.55. The normalized spacial score (nSPS) is 16.7. The molecular weight excluding hydrogens is 379 g/mol. The second-order valence-corrected chi connectivity index (χ2v) is 7.11. The molecule has 1 amide bonds. The van der Waals surface area contributed by atoms with Crippen LogP contribution >= 0.6 is 0 Å². The van der Waals surface area contributed by atoms with E-state index in [-0.39, 0.29) is 36.1 Å². The predicted octanol–water partition coefficient (Wildman–Crippen LogP) is 2.57. The first-order valence-corrected chi connectivity index (χ1v) is 9.32. The molecule has 0 bridgehead atoms. The number of amides is 1. The van der Waals surface area contributed by atoms with Gasteiger partial charge in [0.15, 0.2) is 0 Å². The van der Waals surface area contributed by atoms with Crippen molar-refractivity contribution in [3.63, 3.8) is 0 Å². The summed E-state index contributed by atoms with van der Waals surface area (Å²) < 4.78 is 25.2. The molecule has 1 fully saturated rings. The van der Waals surface area contributed by atoms with Gasteiger partial charge in [0.2, 0.25) is 5.43 Å². The van der Waals surface area contributed by atoms with Crippen LogP contribution in [0.15, 0.2) is 41.5 Å². The van der Waals surface area contributed by atoms with Crippen molar-refractivity contribution >= 4 is 11.9 Å². The maximum atomic E-state index is 13.2. The molecule has 0 saturated carbocycles. The van der Waals surface area contributed by atoms with Crippen LogP contribution in [0.2, 0.25) is 0 Å². The van der Waals surface area contributed by atoms with Crippen LogP contribution in [0.25, 0.3) is 0 Å². The number of methoxy groups -OCH3 is 1. The molecule has 1 aromatic carbocycles. The molecule has 1 saturated heterocycles. The fraction of sp³-hybridized carbons (Fsp3) is 0.381. The van der Waals surface area contributed by atoms with Crippen molar-refractivity contribution in [2.24, 2.45) is 0 Å². The third-order valence-corrected chi connectivity index (χ3v) is 4.87. The van der Waals surface area contributed by atoms with Gasteiger partial charge in [0.05, 0.1) is 20.3 Å². The molecule has 1 aromatic heterocycles. The van der Waals surface area contributed by atoms with Crippen molar-refractivity contribution in [3.05, 3.63) is 69.4 Å². The molecule has 1 atom stereocenters. The number of halogens is 1. The van der Waals surface area contributed by atoms with E-state index in [0.29, 0.717) is 6.54 Å². The number of carbonyl (C=O) groups is 2. The van der Waals surface area contributed by atoms with Crippen LogP contribution in [-0.2, 0) is 9.47 Å². The molecule has 1 aliphatic rings. The van der Waals surface area contributed by atoms with Gasteiger partial charge in [-0.25, -0.2) is 9.18 Å². The second kappa shape index (κ2) is 8.57. The third kappa shape index (κ3) is 4.37. The van der Waals surface area contributed by atoms with Crippen molar-refractivity contribution in [2.75, 3.05) is 26.8 Å². The number of aromatic nitrogens is 1. The minimum absolute atomic E-state index is 0.0674. The average molecular weight is 402 g/mol. The Morgan fingerprint density at radius 1 is 1.17 bits per heavy atom. The Bertz CT molecular complexity index is 968. The van der Waals surface area contributed by atoms with Gasteiger partial charge < -0.3 is 18.9 Å². The smallest absolute Gasteiger partial charge is 0.343 e. The molecule has 2 aromatic rings. The number of morpholine rings is 1. The lowest BCUT2D eigenvalue weighted by atomic mass is 10.1. The van der Waals surface area contributed by atoms with Crippen molar-refractivity contribution < 1.29 is 23.5 Å². The number of hydrogen-bond acceptors (Lipinski definition) is 5. The van der Waals surface area contributed by atoms with E-state index in [1.807, 2.05) is 13.8 Å². The van der Waals surface area contributed by atoms with E-state index in [9.17, 15) is 18.8 Å². The molecule has 0 N–H and O–H groups in total. The number of ether oxygens (including phenoxy) is 2. The minimum Gasteiger partial charge on any atom is -0.465 e. The van der Waals surface area contributed by atoms with E-state index in [4.69, 9.17) is 4.74 Å². The van der Waals surface area contributed by atoms with Gasteiger partial charge in [-0.05, 0) is 31.5 Å². The van der Waals surface area contributed by atoms with Gasteiger partial charge in [0.1, 0.15) is 23.0 Å². The molecule has 3 rings (SSSR count). The SMILES string of the molecule is COC(=O)c1cn(C(C)C)cc(C(=O)N2CCOC(c3ccc(F)cc3)C2)c1=O. The van der Waals surface area contributed by atoms with E-state index in [2.05, 4.69) is 4.74 Å². The molecule has 7 nitrogen and oxygen atoms in total. The van der Waals surface area contributed by atoms with Gasteiger partial charge in [0.25, 0.3) is 5.91 Å². The zero-order valence-electron chi connectivity index (χ0n) is 16.6. The highest BCUT2D eigenvalue weighted by Gasteiger charge is 2.29. The minimum atomic E-state index is -0.787. The highest BCUT2D eigenvalue weighted by atomic mass is 19.1. The Hall–Kier alpha value is -3.00. The van der Waals surface area contributed by atoms with Gasteiger partial charge in [0, 0.05) is 25.0 Å². The summed E-state index contributed by atoms with van der Waals surface area (Å²) in [6.07, 6.45) is 2.44. The molecule has 0 aliphatic carbocycles. The summed E-state index contributed by atoms with van der Waals surface area (Å²) in [4.78, 5) is 39.4. The van der Waals surface area contributed by atoms with Crippen molar-refractivity contribution in [1.29, 1.82) is 0 Å².